The van der Waals surface area contributed by atoms with Gasteiger partial charge in [-0.3, -0.25) is 4.79 Å². The second kappa shape index (κ2) is 8.51. The van der Waals surface area contributed by atoms with Gasteiger partial charge in [0, 0.05) is 5.69 Å². The van der Waals surface area contributed by atoms with Crippen molar-refractivity contribution in [2.45, 2.75) is 37.5 Å². The van der Waals surface area contributed by atoms with Gasteiger partial charge in [0.05, 0.1) is 12.0 Å². The van der Waals surface area contributed by atoms with Crippen molar-refractivity contribution in [1.29, 1.82) is 0 Å². The van der Waals surface area contributed by atoms with Gasteiger partial charge in [-0.05, 0) is 35.2 Å². The van der Waals surface area contributed by atoms with Crippen molar-refractivity contribution >= 4 is 23.4 Å². The molecule has 3 aromatic rings. The number of nitrogens with one attached hydrogen (secondary N) is 1. The third-order valence-corrected chi connectivity index (χ3v) is 4.96. The lowest BCUT2D eigenvalue weighted by Gasteiger charge is -2.22. The zero-order chi connectivity index (χ0) is 21.9. The number of anilines is 1. The molecule has 2 aromatic heterocycles. The van der Waals surface area contributed by atoms with Crippen molar-refractivity contribution in [3.8, 4) is 11.5 Å². The largest absolute Gasteiger partial charge is 0.463 e. The van der Waals surface area contributed by atoms with E-state index in [1.807, 2.05) is 39.0 Å². The molecule has 0 fully saturated rings. The fourth-order valence-electron chi connectivity index (χ4n) is 2.75. The SMILES string of the molecule is CC(C)(C)c1ccccc1NC(=O)CSc1nc(-c2ccco2)cc(C(F)(F)F)n1. The van der Waals surface area contributed by atoms with E-state index in [1.54, 1.807) is 12.1 Å². The van der Waals surface area contributed by atoms with Gasteiger partial charge in [-0.1, -0.05) is 50.7 Å². The minimum atomic E-state index is -4.65. The van der Waals surface area contributed by atoms with E-state index >= 15 is 0 Å². The highest BCUT2D eigenvalue weighted by Gasteiger charge is 2.34. The van der Waals surface area contributed by atoms with E-state index < -0.39 is 11.9 Å². The molecule has 2 heterocycles. The molecule has 0 radical (unpaired) electrons. The number of rotatable bonds is 5. The number of furan rings is 1. The van der Waals surface area contributed by atoms with Crippen molar-refractivity contribution < 1.29 is 22.4 Å². The Morgan fingerprint density at radius 3 is 2.47 bits per heavy atom. The summed E-state index contributed by atoms with van der Waals surface area (Å²) >= 11 is 0.827. The van der Waals surface area contributed by atoms with E-state index in [9.17, 15) is 18.0 Å². The number of halogens is 3. The summed E-state index contributed by atoms with van der Waals surface area (Å²) in [5, 5.41) is 2.66. The second-order valence-electron chi connectivity index (χ2n) is 7.53. The van der Waals surface area contributed by atoms with E-state index in [2.05, 4.69) is 15.3 Å². The molecular weight excluding hydrogens is 415 g/mol. The number of amides is 1. The number of alkyl halides is 3. The Labute approximate surface area is 176 Å². The van der Waals surface area contributed by atoms with Crippen LogP contribution in [0.15, 0.2) is 58.3 Å². The zero-order valence-corrected chi connectivity index (χ0v) is 17.4. The molecule has 0 atom stereocenters. The Hall–Kier alpha value is -2.81. The second-order valence-corrected chi connectivity index (χ2v) is 8.47. The highest BCUT2D eigenvalue weighted by atomic mass is 32.2. The number of nitrogens with zero attached hydrogens (tertiary/aromatic N) is 2. The molecule has 0 aliphatic carbocycles. The van der Waals surface area contributed by atoms with Crippen LogP contribution in [0, 0.1) is 0 Å². The number of carbonyl (C=O) groups is 1. The third kappa shape index (κ3) is 5.41. The van der Waals surface area contributed by atoms with Crippen molar-refractivity contribution in [3.63, 3.8) is 0 Å². The maximum Gasteiger partial charge on any atom is 0.433 e. The van der Waals surface area contributed by atoms with Gasteiger partial charge < -0.3 is 9.73 Å². The molecule has 158 valence electrons. The molecule has 5 nitrogen and oxygen atoms in total. The first-order valence-electron chi connectivity index (χ1n) is 9.06. The summed E-state index contributed by atoms with van der Waals surface area (Å²) < 4.78 is 44.8. The van der Waals surface area contributed by atoms with Crippen molar-refractivity contribution in [3.05, 3.63) is 60.0 Å². The average Bonchev–Trinajstić information content (AvgIpc) is 3.20. The van der Waals surface area contributed by atoms with Crippen LogP contribution in [0.5, 0.6) is 0 Å². The van der Waals surface area contributed by atoms with E-state index in [4.69, 9.17) is 4.42 Å². The van der Waals surface area contributed by atoms with Gasteiger partial charge in [-0.2, -0.15) is 13.2 Å². The predicted molar refractivity (Wildman–Crippen MR) is 109 cm³/mol. The topological polar surface area (TPSA) is 68.0 Å². The fraction of sp³-hybridized carbons (Fsp3) is 0.286. The normalized spacial score (nSPS) is 12.1. The van der Waals surface area contributed by atoms with Gasteiger partial charge in [0.15, 0.2) is 10.9 Å². The van der Waals surface area contributed by atoms with Gasteiger partial charge in [0.1, 0.15) is 11.4 Å². The molecule has 3 rings (SSSR count). The lowest BCUT2D eigenvalue weighted by Crippen LogP contribution is -2.20. The molecule has 1 amide bonds. The molecule has 0 bridgehead atoms. The van der Waals surface area contributed by atoms with Crippen LogP contribution in [0.25, 0.3) is 11.5 Å². The number of para-hydroxylation sites is 1. The predicted octanol–water partition coefficient (Wildman–Crippen LogP) is 5.78. The van der Waals surface area contributed by atoms with E-state index in [0.29, 0.717) is 5.69 Å². The summed E-state index contributed by atoms with van der Waals surface area (Å²) in [5.41, 5.74) is 0.350. The Bertz CT molecular complexity index is 1030. The minimum absolute atomic E-state index is 0.00307. The van der Waals surface area contributed by atoms with Crippen molar-refractivity contribution in [2.75, 3.05) is 11.1 Å². The molecule has 1 aromatic carbocycles. The van der Waals surface area contributed by atoms with Gasteiger partial charge in [0.25, 0.3) is 0 Å². The molecule has 0 spiro atoms. The van der Waals surface area contributed by atoms with Crippen LogP contribution in [-0.4, -0.2) is 21.6 Å². The number of thioether (sulfide) groups is 1. The third-order valence-electron chi connectivity index (χ3n) is 4.11. The Balaban J connectivity index is 1.77. The first-order chi connectivity index (χ1) is 14.0. The molecule has 30 heavy (non-hydrogen) atoms. The molecular formula is C21H20F3N3O2S. The van der Waals surface area contributed by atoms with Gasteiger partial charge in [-0.15, -0.1) is 0 Å². The van der Waals surface area contributed by atoms with E-state index in [-0.39, 0.29) is 33.7 Å². The quantitative estimate of drug-likeness (QED) is 0.406. The molecule has 9 heteroatoms. The summed E-state index contributed by atoms with van der Waals surface area (Å²) in [7, 11) is 0. The average molecular weight is 435 g/mol. The van der Waals surface area contributed by atoms with Crippen LogP contribution in [0.4, 0.5) is 18.9 Å². The van der Waals surface area contributed by atoms with Crippen molar-refractivity contribution in [1.82, 2.24) is 9.97 Å². The van der Waals surface area contributed by atoms with Crippen LogP contribution >= 0.6 is 11.8 Å². The van der Waals surface area contributed by atoms with Gasteiger partial charge >= 0.3 is 6.18 Å². The maximum atomic E-state index is 13.2. The Kier molecular flexibility index (Phi) is 6.21. The van der Waals surface area contributed by atoms with E-state index in [1.165, 1.54) is 12.3 Å². The summed E-state index contributed by atoms with van der Waals surface area (Å²) in [4.78, 5) is 20.1. The van der Waals surface area contributed by atoms with Crippen LogP contribution in [0.3, 0.4) is 0 Å². The van der Waals surface area contributed by atoms with Gasteiger partial charge in [-0.25, -0.2) is 9.97 Å². The summed E-state index contributed by atoms with van der Waals surface area (Å²) in [6, 6.07) is 11.3. The molecule has 0 unspecified atom stereocenters. The number of benzene rings is 1. The maximum absolute atomic E-state index is 13.2. The zero-order valence-electron chi connectivity index (χ0n) is 16.6. The van der Waals surface area contributed by atoms with Crippen LogP contribution in [0.1, 0.15) is 32.0 Å². The van der Waals surface area contributed by atoms with Crippen LogP contribution in [-0.2, 0) is 16.4 Å². The number of hydrogen-bond donors (Lipinski definition) is 1. The molecule has 0 aliphatic rings. The number of hydrogen-bond acceptors (Lipinski definition) is 5. The van der Waals surface area contributed by atoms with Crippen LogP contribution in [0.2, 0.25) is 0 Å². The van der Waals surface area contributed by atoms with Gasteiger partial charge in [0.2, 0.25) is 5.91 Å². The fourth-order valence-corrected chi connectivity index (χ4v) is 3.41. The monoisotopic (exact) mass is 435 g/mol. The Morgan fingerprint density at radius 1 is 1.10 bits per heavy atom. The lowest BCUT2D eigenvalue weighted by molar-refractivity contribution is -0.141. The Morgan fingerprint density at radius 2 is 1.83 bits per heavy atom. The van der Waals surface area contributed by atoms with Crippen LogP contribution < -0.4 is 5.32 Å². The van der Waals surface area contributed by atoms with Crippen molar-refractivity contribution in [2.24, 2.45) is 0 Å². The molecule has 0 saturated carbocycles. The number of carbonyl (C=O) groups excluding carboxylic acids is 1. The standard InChI is InChI=1S/C21H20F3N3O2S/c1-20(2,3)13-7-4-5-8-14(13)25-18(28)12-30-19-26-15(16-9-6-10-29-16)11-17(27-19)21(22,23)24/h4-11H,12H2,1-3H3,(H,25,28). The smallest absolute Gasteiger partial charge is 0.433 e. The van der Waals surface area contributed by atoms with E-state index in [0.717, 1.165) is 23.4 Å². The minimum Gasteiger partial charge on any atom is -0.463 e. The highest BCUT2D eigenvalue weighted by Crippen LogP contribution is 2.32. The molecule has 1 N–H and O–H groups in total. The first kappa shape index (κ1) is 21.9. The molecule has 0 saturated heterocycles. The first-order valence-corrected chi connectivity index (χ1v) is 10.0. The molecule has 0 aliphatic heterocycles. The summed E-state index contributed by atoms with van der Waals surface area (Å²) in [5.74, 6) is -0.317. The summed E-state index contributed by atoms with van der Waals surface area (Å²) in [6.07, 6.45) is -3.30. The summed E-state index contributed by atoms with van der Waals surface area (Å²) in [6.45, 7) is 6.08. The number of aromatic nitrogens is 2. The lowest BCUT2D eigenvalue weighted by atomic mass is 9.86. The highest BCUT2D eigenvalue weighted by molar-refractivity contribution is 7.99.